The van der Waals surface area contributed by atoms with Crippen LogP contribution in [0.2, 0.25) is 0 Å². The van der Waals surface area contributed by atoms with E-state index in [9.17, 15) is 14.4 Å². The van der Waals surface area contributed by atoms with E-state index in [0.29, 0.717) is 34.7 Å². The van der Waals surface area contributed by atoms with Gasteiger partial charge in [-0.2, -0.15) is 0 Å². The molecule has 0 spiro atoms. The van der Waals surface area contributed by atoms with E-state index in [1.54, 1.807) is 42.5 Å². The molecule has 6 heteroatoms. The Balaban J connectivity index is 1.82. The average molecular weight is 365 g/mol. The van der Waals surface area contributed by atoms with E-state index in [0.717, 1.165) is 23.8 Å². The van der Waals surface area contributed by atoms with E-state index in [2.05, 4.69) is 6.92 Å². The smallest absolute Gasteiger partial charge is 0.328 e. The first-order chi connectivity index (χ1) is 13.0. The van der Waals surface area contributed by atoms with Gasteiger partial charge in [0.05, 0.1) is 23.4 Å². The van der Waals surface area contributed by atoms with Crippen molar-refractivity contribution in [2.75, 3.05) is 11.5 Å². The van der Waals surface area contributed by atoms with Crippen molar-refractivity contribution in [2.45, 2.75) is 19.8 Å². The Hall–Kier alpha value is -3.41. The van der Waals surface area contributed by atoms with Gasteiger partial charge in [0, 0.05) is 6.08 Å². The average Bonchev–Trinajstić information content (AvgIpc) is 2.91. The minimum Gasteiger partial charge on any atom is -0.494 e. The van der Waals surface area contributed by atoms with Crippen LogP contribution in [0.25, 0.3) is 6.08 Å². The highest BCUT2D eigenvalue weighted by molar-refractivity contribution is 6.34. The molecular formula is C21H19NO5. The Morgan fingerprint density at radius 2 is 1.78 bits per heavy atom. The maximum Gasteiger partial charge on any atom is 0.328 e. The summed E-state index contributed by atoms with van der Waals surface area (Å²) >= 11 is 0. The van der Waals surface area contributed by atoms with Gasteiger partial charge in [-0.05, 0) is 48.4 Å². The zero-order valence-corrected chi connectivity index (χ0v) is 14.8. The number of hydrogen-bond donors (Lipinski definition) is 1. The lowest BCUT2D eigenvalue weighted by Gasteiger charge is -2.13. The van der Waals surface area contributed by atoms with E-state index < -0.39 is 11.9 Å². The monoisotopic (exact) mass is 365 g/mol. The molecule has 0 bridgehead atoms. The molecule has 0 saturated carbocycles. The quantitative estimate of drug-likeness (QED) is 0.459. The van der Waals surface area contributed by atoms with Gasteiger partial charge in [0.25, 0.3) is 11.8 Å². The van der Waals surface area contributed by atoms with Crippen LogP contribution in [-0.4, -0.2) is 29.5 Å². The minimum absolute atomic E-state index is 0.323. The third kappa shape index (κ3) is 3.89. The van der Waals surface area contributed by atoms with E-state index in [4.69, 9.17) is 9.84 Å². The first-order valence-electron chi connectivity index (χ1n) is 8.68. The van der Waals surface area contributed by atoms with Gasteiger partial charge in [0.15, 0.2) is 0 Å². The zero-order valence-electron chi connectivity index (χ0n) is 14.8. The molecule has 138 valence electrons. The molecular weight excluding hydrogens is 346 g/mol. The Bertz CT molecular complexity index is 915. The Morgan fingerprint density at radius 1 is 1.07 bits per heavy atom. The molecule has 0 unspecified atom stereocenters. The van der Waals surface area contributed by atoms with Gasteiger partial charge in [-0.25, -0.2) is 9.69 Å². The van der Waals surface area contributed by atoms with Crippen molar-refractivity contribution in [3.05, 3.63) is 65.2 Å². The number of fused-ring (bicyclic) bond motifs is 1. The summed E-state index contributed by atoms with van der Waals surface area (Å²) in [5.41, 5.74) is 1.76. The molecule has 2 amide bonds. The second-order valence-electron chi connectivity index (χ2n) is 6.12. The van der Waals surface area contributed by atoms with Crippen molar-refractivity contribution in [1.29, 1.82) is 0 Å². The van der Waals surface area contributed by atoms with Crippen LogP contribution in [0.3, 0.4) is 0 Å². The van der Waals surface area contributed by atoms with Gasteiger partial charge in [0.2, 0.25) is 0 Å². The van der Waals surface area contributed by atoms with Crippen LogP contribution < -0.4 is 9.64 Å². The molecule has 6 nitrogen and oxygen atoms in total. The predicted molar refractivity (Wildman–Crippen MR) is 101 cm³/mol. The SMILES string of the molecule is CCCCOc1ccc2c(c1)C(=O)N(c1ccc(C=CC(=O)O)cc1)C2=O. The number of hydrogen-bond acceptors (Lipinski definition) is 4. The third-order valence-corrected chi connectivity index (χ3v) is 4.19. The number of nitrogens with zero attached hydrogens (tertiary/aromatic N) is 1. The first kappa shape index (κ1) is 18.4. The lowest BCUT2D eigenvalue weighted by Crippen LogP contribution is -2.29. The number of carbonyl (C=O) groups is 3. The van der Waals surface area contributed by atoms with Crippen molar-refractivity contribution < 1.29 is 24.2 Å². The normalized spacial score (nSPS) is 13.3. The number of unbranched alkanes of at least 4 members (excludes halogenated alkanes) is 1. The standard InChI is InChI=1S/C21H19NO5/c1-2-3-12-27-16-9-10-17-18(13-16)21(26)22(20(17)25)15-7-4-14(5-8-15)6-11-19(23)24/h4-11,13H,2-3,12H2,1H3,(H,23,24). The predicted octanol–water partition coefficient (Wildman–Crippen LogP) is 3.76. The molecule has 2 aromatic rings. The Morgan fingerprint density at radius 3 is 2.44 bits per heavy atom. The second-order valence-corrected chi connectivity index (χ2v) is 6.12. The Labute approximate surface area is 156 Å². The number of imide groups is 1. The molecule has 1 N–H and O–H groups in total. The molecule has 27 heavy (non-hydrogen) atoms. The van der Waals surface area contributed by atoms with Crippen LogP contribution >= 0.6 is 0 Å². The number of carboxylic acid groups (broad SMARTS) is 1. The van der Waals surface area contributed by atoms with Crippen LogP contribution in [0.1, 0.15) is 46.0 Å². The van der Waals surface area contributed by atoms with E-state index in [1.807, 2.05) is 0 Å². The molecule has 0 aliphatic carbocycles. The highest BCUT2D eigenvalue weighted by atomic mass is 16.5. The van der Waals surface area contributed by atoms with Crippen LogP contribution in [-0.2, 0) is 4.79 Å². The number of benzene rings is 2. The van der Waals surface area contributed by atoms with Gasteiger partial charge < -0.3 is 9.84 Å². The number of ether oxygens (including phenoxy) is 1. The number of rotatable bonds is 7. The Kier molecular flexibility index (Phi) is 5.35. The highest BCUT2D eigenvalue weighted by Crippen LogP contribution is 2.31. The fourth-order valence-electron chi connectivity index (χ4n) is 2.78. The molecule has 1 aliphatic heterocycles. The highest BCUT2D eigenvalue weighted by Gasteiger charge is 2.36. The molecule has 1 aliphatic rings. The first-order valence-corrected chi connectivity index (χ1v) is 8.68. The number of carboxylic acids is 1. The molecule has 1 heterocycles. The van der Waals surface area contributed by atoms with Gasteiger partial charge in [-0.15, -0.1) is 0 Å². The summed E-state index contributed by atoms with van der Waals surface area (Å²) in [6.07, 6.45) is 4.39. The largest absolute Gasteiger partial charge is 0.494 e. The topological polar surface area (TPSA) is 83.9 Å². The van der Waals surface area contributed by atoms with E-state index in [-0.39, 0.29) is 5.91 Å². The van der Waals surface area contributed by atoms with Crippen molar-refractivity contribution in [3.8, 4) is 5.75 Å². The number of aliphatic carboxylic acids is 1. The maximum atomic E-state index is 12.7. The van der Waals surface area contributed by atoms with Crippen LogP contribution in [0.5, 0.6) is 5.75 Å². The third-order valence-electron chi connectivity index (χ3n) is 4.19. The zero-order chi connectivity index (χ0) is 19.4. The van der Waals surface area contributed by atoms with E-state index in [1.165, 1.54) is 6.08 Å². The van der Waals surface area contributed by atoms with Crippen LogP contribution in [0.4, 0.5) is 5.69 Å². The van der Waals surface area contributed by atoms with Crippen LogP contribution in [0, 0.1) is 0 Å². The summed E-state index contributed by atoms with van der Waals surface area (Å²) in [5.74, 6) is -1.26. The molecule has 0 radical (unpaired) electrons. The van der Waals surface area contributed by atoms with Gasteiger partial charge >= 0.3 is 5.97 Å². The van der Waals surface area contributed by atoms with Crippen molar-refractivity contribution >= 4 is 29.5 Å². The summed E-state index contributed by atoms with van der Waals surface area (Å²) in [4.78, 5) is 37.1. The van der Waals surface area contributed by atoms with Gasteiger partial charge in [-0.1, -0.05) is 25.5 Å². The molecule has 0 aromatic heterocycles. The van der Waals surface area contributed by atoms with Crippen molar-refractivity contribution in [3.63, 3.8) is 0 Å². The summed E-state index contributed by atoms with van der Waals surface area (Å²) in [6, 6.07) is 11.4. The van der Waals surface area contributed by atoms with Crippen LogP contribution in [0.15, 0.2) is 48.5 Å². The molecule has 0 saturated heterocycles. The fourth-order valence-corrected chi connectivity index (χ4v) is 2.78. The van der Waals surface area contributed by atoms with Gasteiger partial charge in [-0.3, -0.25) is 9.59 Å². The van der Waals surface area contributed by atoms with E-state index >= 15 is 0 Å². The van der Waals surface area contributed by atoms with Gasteiger partial charge in [0.1, 0.15) is 5.75 Å². The molecule has 2 aromatic carbocycles. The summed E-state index contributed by atoms with van der Waals surface area (Å²) in [6.45, 7) is 2.63. The summed E-state index contributed by atoms with van der Waals surface area (Å²) in [7, 11) is 0. The number of amides is 2. The lowest BCUT2D eigenvalue weighted by atomic mass is 10.1. The fraction of sp³-hybridized carbons (Fsp3) is 0.190. The summed E-state index contributed by atoms with van der Waals surface area (Å²) < 4.78 is 5.62. The number of carbonyl (C=O) groups excluding carboxylic acids is 2. The lowest BCUT2D eigenvalue weighted by molar-refractivity contribution is -0.131. The maximum absolute atomic E-state index is 12.7. The number of anilines is 1. The molecule has 3 rings (SSSR count). The van der Waals surface area contributed by atoms with Crippen molar-refractivity contribution in [1.82, 2.24) is 0 Å². The minimum atomic E-state index is -1.05. The summed E-state index contributed by atoms with van der Waals surface area (Å²) in [5, 5.41) is 8.67. The molecule has 0 fully saturated rings. The van der Waals surface area contributed by atoms with Crippen molar-refractivity contribution in [2.24, 2.45) is 0 Å². The molecule has 0 atom stereocenters. The second kappa shape index (κ2) is 7.86.